The largest absolute Gasteiger partial charge is 0.483 e. The molecule has 0 spiro atoms. The normalized spacial score (nSPS) is 14.6. The summed E-state index contributed by atoms with van der Waals surface area (Å²) in [5.74, 6) is 0.213. The Morgan fingerprint density at radius 2 is 1.80 bits per heavy atom. The highest BCUT2D eigenvalue weighted by Crippen LogP contribution is 2.27. The van der Waals surface area contributed by atoms with Gasteiger partial charge in [-0.1, -0.05) is 85.4 Å². The van der Waals surface area contributed by atoms with Gasteiger partial charge < -0.3 is 15.0 Å². The number of hydrogen-bond donors (Lipinski definition) is 1. The Balaban J connectivity index is 1.56. The van der Waals surface area contributed by atoms with Gasteiger partial charge in [0.15, 0.2) is 6.61 Å². The van der Waals surface area contributed by atoms with Crippen LogP contribution in [0, 0.1) is 0 Å². The zero-order chi connectivity index (χ0) is 24.8. The second kappa shape index (κ2) is 11.8. The van der Waals surface area contributed by atoms with Crippen molar-refractivity contribution in [3.8, 4) is 5.75 Å². The molecule has 1 fully saturated rings. The Bertz CT molecular complexity index is 1190. The smallest absolute Gasteiger partial charge is 0.261 e. The van der Waals surface area contributed by atoms with Crippen LogP contribution in [0.5, 0.6) is 5.75 Å². The summed E-state index contributed by atoms with van der Waals surface area (Å²) in [6, 6.07) is 18.3. The number of benzene rings is 3. The Morgan fingerprint density at radius 3 is 2.54 bits per heavy atom. The lowest BCUT2D eigenvalue weighted by Crippen LogP contribution is -2.52. The summed E-state index contributed by atoms with van der Waals surface area (Å²) in [4.78, 5) is 28.4. The molecule has 0 radical (unpaired) electrons. The summed E-state index contributed by atoms with van der Waals surface area (Å²) >= 11 is 12.5. The van der Waals surface area contributed by atoms with E-state index in [0.29, 0.717) is 22.2 Å². The predicted octanol–water partition coefficient (Wildman–Crippen LogP) is 6.39. The quantitative estimate of drug-likeness (QED) is 0.361. The molecule has 3 aromatic rings. The van der Waals surface area contributed by atoms with Crippen molar-refractivity contribution in [3.05, 3.63) is 76.3 Å². The molecule has 1 saturated carbocycles. The monoisotopic (exact) mass is 512 g/mol. The van der Waals surface area contributed by atoms with Crippen molar-refractivity contribution in [1.82, 2.24) is 10.2 Å². The fourth-order valence-corrected chi connectivity index (χ4v) is 5.13. The predicted molar refractivity (Wildman–Crippen MR) is 141 cm³/mol. The Hall–Kier alpha value is -2.76. The molecule has 0 unspecified atom stereocenters. The van der Waals surface area contributed by atoms with Crippen molar-refractivity contribution in [3.63, 3.8) is 0 Å². The maximum absolute atomic E-state index is 13.5. The number of fused-ring (bicyclic) bond motifs is 1. The van der Waals surface area contributed by atoms with Crippen LogP contribution in [0.3, 0.4) is 0 Å². The van der Waals surface area contributed by atoms with Gasteiger partial charge in [-0.25, -0.2) is 0 Å². The van der Waals surface area contributed by atoms with Crippen LogP contribution < -0.4 is 10.1 Å². The topological polar surface area (TPSA) is 58.6 Å². The number of halogens is 2. The van der Waals surface area contributed by atoms with Crippen LogP contribution in [0.25, 0.3) is 10.8 Å². The summed E-state index contributed by atoms with van der Waals surface area (Å²) in [5.41, 5.74) is 0.724. The molecule has 0 heterocycles. The van der Waals surface area contributed by atoms with Crippen molar-refractivity contribution >= 4 is 45.8 Å². The van der Waals surface area contributed by atoms with E-state index in [4.69, 9.17) is 27.9 Å². The highest BCUT2D eigenvalue weighted by molar-refractivity contribution is 6.35. The van der Waals surface area contributed by atoms with E-state index >= 15 is 0 Å². The van der Waals surface area contributed by atoms with Gasteiger partial charge in [0, 0.05) is 28.0 Å². The maximum Gasteiger partial charge on any atom is 0.261 e. The van der Waals surface area contributed by atoms with E-state index in [0.717, 1.165) is 42.0 Å². The molecule has 4 rings (SSSR count). The fourth-order valence-electron chi connectivity index (χ4n) is 4.66. The van der Waals surface area contributed by atoms with Crippen molar-refractivity contribution < 1.29 is 14.3 Å². The minimum atomic E-state index is -0.633. The molecular weight excluding hydrogens is 483 g/mol. The van der Waals surface area contributed by atoms with E-state index < -0.39 is 6.04 Å². The Kier molecular flexibility index (Phi) is 8.53. The first-order valence-electron chi connectivity index (χ1n) is 12.1. The highest BCUT2D eigenvalue weighted by atomic mass is 35.5. The van der Waals surface area contributed by atoms with Gasteiger partial charge in [-0.3, -0.25) is 9.59 Å². The van der Waals surface area contributed by atoms with Crippen LogP contribution in [0.2, 0.25) is 10.0 Å². The van der Waals surface area contributed by atoms with E-state index in [1.54, 1.807) is 23.1 Å². The molecule has 35 heavy (non-hydrogen) atoms. The van der Waals surface area contributed by atoms with Crippen molar-refractivity contribution in [1.29, 1.82) is 0 Å². The van der Waals surface area contributed by atoms with E-state index in [1.165, 1.54) is 0 Å². The van der Waals surface area contributed by atoms with Gasteiger partial charge in [-0.2, -0.15) is 0 Å². The number of carbonyl (C=O) groups excluding carboxylic acids is 2. The summed E-state index contributed by atoms with van der Waals surface area (Å²) in [7, 11) is 0. The molecule has 184 valence electrons. The average molecular weight is 513 g/mol. The number of rotatable bonds is 9. The molecule has 0 saturated heterocycles. The van der Waals surface area contributed by atoms with Gasteiger partial charge in [-0.15, -0.1) is 0 Å². The molecule has 1 N–H and O–H groups in total. The number of amides is 2. The van der Waals surface area contributed by atoms with Crippen LogP contribution in [-0.2, 0) is 16.1 Å². The van der Waals surface area contributed by atoms with Gasteiger partial charge in [-0.05, 0) is 48.4 Å². The van der Waals surface area contributed by atoms with Crippen molar-refractivity contribution in [2.75, 3.05) is 6.61 Å². The Labute approximate surface area is 216 Å². The molecular formula is C28H30Cl2N2O3. The average Bonchev–Trinajstić information content (AvgIpc) is 3.36. The molecule has 1 aliphatic rings. The van der Waals surface area contributed by atoms with E-state index in [1.807, 2.05) is 49.4 Å². The molecule has 1 atom stereocenters. The zero-order valence-electron chi connectivity index (χ0n) is 19.8. The second-order valence-corrected chi connectivity index (χ2v) is 9.78. The van der Waals surface area contributed by atoms with Gasteiger partial charge in [0.05, 0.1) is 0 Å². The molecule has 1 aliphatic carbocycles. The maximum atomic E-state index is 13.5. The van der Waals surface area contributed by atoms with Gasteiger partial charge in [0.25, 0.3) is 5.91 Å². The van der Waals surface area contributed by atoms with Crippen molar-refractivity contribution in [2.24, 2.45) is 0 Å². The summed E-state index contributed by atoms with van der Waals surface area (Å²) in [6.45, 7) is 1.91. The third kappa shape index (κ3) is 6.28. The molecule has 2 amide bonds. The number of nitrogens with one attached hydrogen (secondary N) is 1. The number of hydrogen-bond acceptors (Lipinski definition) is 3. The zero-order valence-corrected chi connectivity index (χ0v) is 21.3. The molecule has 7 heteroatoms. The molecule has 3 aromatic carbocycles. The molecule has 0 aliphatic heterocycles. The fraction of sp³-hybridized carbons (Fsp3) is 0.357. The second-order valence-electron chi connectivity index (χ2n) is 8.94. The first kappa shape index (κ1) is 25.3. The van der Waals surface area contributed by atoms with Crippen LogP contribution >= 0.6 is 23.2 Å². The minimum Gasteiger partial charge on any atom is -0.483 e. The first-order chi connectivity index (χ1) is 17.0. The molecule has 0 bridgehead atoms. The van der Waals surface area contributed by atoms with Crippen molar-refractivity contribution in [2.45, 2.75) is 57.7 Å². The Morgan fingerprint density at radius 1 is 1.06 bits per heavy atom. The van der Waals surface area contributed by atoms with Crippen LogP contribution in [0.1, 0.15) is 44.6 Å². The highest BCUT2D eigenvalue weighted by Gasteiger charge is 2.31. The summed E-state index contributed by atoms with van der Waals surface area (Å²) in [6.07, 6.45) is 4.66. The lowest BCUT2D eigenvalue weighted by molar-refractivity contribution is -0.143. The van der Waals surface area contributed by atoms with Crippen LogP contribution in [0.15, 0.2) is 60.7 Å². The standard InChI is InChI=1S/C28H30Cl2N2O3/c1-2-25(28(34)31-22-10-4-5-11-22)32(17-20-14-15-21(29)16-24(20)30)27(33)18-35-26-13-7-9-19-8-3-6-12-23(19)26/h3,6-9,12-16,22,25H,2,4-5,10-11,17-18H2,1H3,(H,31,34)/t25-/m0/s1. The van der Waals surface area contributed by atoms with Gasteiger partial charge >= 0.3 is 0 Å². The molecule has 0 aromatic heterocycles. The minimum absolute atomic E-state index is 0.136. The third-order valence-electron chi connectivity index (χ3n) is 6.54. The number of carbonyl (C=O) groups is 2. The molecule has 5 nitrogen and oxygen atoms in total. The lowest BCUT2D eigenvalue weighted by atomic mass is 10.1. The van der Waals surface area contributed by atoms with E-state index in [9.17, 15) is 9.59 Å². The van der Waals surface area contributed by atoms with Gasteiger partial charge in [0.1, 0.15) is 11.8 Å². The van der Waals surface area contributed by atoms with Crippen LogP contribution in [-0.4, -0.2) is 35.4 Å². The summed E-state index contributed by atoms with van der Waals surface area (Å²) in [5, 5.41) is 6.08. The van der Waals surface area contributed by atoms with Crippen LogP contribution in [0.4, 0.5) is 0 Å². The van der Waals surface area contributed by atoms with Gasteiger partial charge in [0.2, 0.25) is 5.91 Å². The van der Waals surface area contributed by atoms with E-state index in [2.05, 4.69) is 5.32 Å². The SMILES string of the molecule is CC[C@@H](C(=O)NC1CCCC1)N(Cc1ccc(Cl)cc1Cl)C(=O)COc1cccc2ccccc12. The number of nitrogens with zero attached hydrogens (tertiary/aromatic N) is 1. The summed E-state index contributed by atoms with van der Waals surface area (Å²) < 4.78 is 5.98. The third-order valence-corrected chi connectivity index (χ3v) is 7.13. The lowest BCUT2D eigenvalue weighted by Gasteiger charge is -2.31. The first-order valence-corrected chi connectivity index (χ1v) is 12.9. The number of ether oxygens (including phenoxy) is 1. The van der Waals surface area contributed by atoms with E-state index in [-0.39, 0.29) is 31.0 Å².